The van der Waals surface area contributed by atoms with Crippen LogP contribution in [0.2, 0.25) is 0 Å². The second kappa shape index (κ2) is 8.05. The van der Waals surface area contributed by atoms with Gasteiger partial charge in [-0.05, 0) is 54.4 Å². The molecule has 0 saturated heterocycles. The summed E-state index contributed by atoms with van der Waals surface area (Å²) in [5.41, 5.74) is 4.89. The third kappa shape index (κ3) is 3.80. The SMILES string of the molecule is CNc1nc2ccc(-c3ccc4c(c3)c(C(=O)NC(C)c3cccc(F)c3)cn4C)cn2n1. The highest BCUT2D eigenvalue weighted by molar-refractivity contribution is 6.08. The van der Waals surface area contributed by atoms with Crippen LogP contribution in [0.25, 0.3) is 27.7 Å². The topological polar surface area (TPSA) is 76.2 Å². The summed E-state index contributed by atoms with van der Waals surface area (Å²) in [4.78, 5) is 17.5. The van der Waals surface area contributed by atoms with E-state index in [0.29, 0.717) is 17.1 Å². The summed E-state index contributed by atoms with van der Waals surface area (Å²) in [6.07, 6.45) is 3.74. The van der Waals surface area contributed by atoms with E-state index in [1.54, 1.807) is 23.7 Å². The Morgan fingerprint density at radius 2 is 1.88 bits per heavy atom. The summed E-state index contributed by atoms with van der Waals surface area (Å²) in [6, 6.07) is 15.9. The maximum Gasteiger partial charge on any atom is 0.253 e. The maximum absolute atomic E-state index is 13.6. The highest BCUT2D eigenvalue weighted by atomic mass is 19.1. The zero-order valence-electron chi connectivity index (χ0n) is 18.5. The Hall–Kier alpha value is -4.20. The molecule has 0 aliphatic carbocycles. The third-order valence-corrected chi connectivity index (χ3v) is 5.82. The summed E-state index contributed by atoms with van der Waals surface area (Å²) >= 11 is 0. The largest absolute Gasteiger partial charge is 0.356 e. The standard InChI is InChI=1S/C25H23FN6O/c1-15(16-5-4-6-19(26)11-16)28-24(33)21-14-31(3)22-9-7-17(12-20(21)22)18-8-10-23-29-25(27-2)30-32(23)13-18/h4-15H,1-3H3,(H,27,30)(H,28,33). The molecule has 8 heteroatoms. The quantitative estimate of drug-likeness (QED) is 0.418. The number of anilines is 1. The fraction of sp³-hybridized carbons (Fsp3) is 0.160. The number of carbonyl (C=O) groups excluding carboxylic acids is 1. The average molecular weight is 442 g/mol. The van der Waals surface area contributed by atoms with Gasteiger partial charge >= 0.3 is 0 Å². The highest BCUT2D eigenvalue weighted by Gasteiger charge is 2.18. The first kappa shape index (κ1) is 20.7. The van der Waals surface area contributed by atoms with Gasteiger partial charge in [-0.15, -0.1) is 5.10 Å². The molecule has 0 spiro atoms. The number of pyridine rings is 1. The molecule has 0 aliphatic heterocycles. The lowest BCUT2D eigenvalue weighted by Gasteiger charge is -2.14. The van der Waals surface area contributed by atoms with Gasteiger partial charge < -0.3 is 15.2 Å². The lowest BCUT2D eigenvalue weighted by atomic mass is 10.0. The van der Waals surface area contributed by atoms with E-state index in [-0.39, 0.29) is 17.8 Å². The van der Waals surface area contributed by atoms with Crippen LogP contribution < -0.4 is 10.6 Å². The molecule has 7 nitrogen and oxygen atoms in total. The molecule has 3 heterocycles. The van der Waals surface area contributed by atoms with Gasteiger partial charge in [-0.2, -0.15) is 4.98 Å². The average Bonchev–Trinajstić information content (AvgIpc) is 3.39. The van der Waals surface area contributed by atoms with E-state index in [2.05, 4.69) is 20.7 Å². The molecular formula is C25H23FN6O. The Morgan fingerprint density at radius 3 is 2.67 bits per heavy atom. The fourth-order valence-electron chi connectivity index (χ4n) is 4.05. The number of rotatable bonds is 5. The Balaban J connectivity index is 1.50. The van der Waals surface area contributed by atoms with Gasteiger partial charge in [0, 0.05) is 43.0 Å². The number of amides is 1. The Kier molecular flexibility index (Phi) is 5.05. The molecule has 2 N–H and O–H groups in total. The number of benzene rings is 2. The van der Waals surface area contributed by atoms with Crippen molar-refractivity contribution >= 4 is 28.4 Å². The number of aryl methyl sites for hydroxylation is 1. The van der Waals surface area contributed by atoms with Crippen molar-refractivity contribution in [2.75, 3.05) is 12.4 Å². The van der Waals surface area contributed by atoms with Crippen molar-refractivity contribution in [1.82, 2.24) is 24.5 Å². The van der Waals surface area contributed by atoms with Crippen LogP contribution in [0.1, 0.15) is 28.9 Å². The van der Waals surface area contributed by atoms with Crippen LogP contribution in [0.3, 0.4) is 0 Å². The number of hydrogen-bond donors (Lipinski definition) is 2. The van der Waals surface area contributed by atoms with Crippen molar-refractivity contribution in [3.05, 3.63) is 83.9 Å². The minimum absolute atomic E-state index is 0.208. The molecule has 1 amide bonds. The van der Waals surface area contributed by atoms with Crippen LogP contribution in [0.4, 0.5) is 10.3 Å². The molecule has 5 rings (SSSR count). The maximum atomic E-state index is 13.6. The Labute approximate surface area is 189 Å². The second-order valence-electron chi connectivity index (χ2n) is 8.04. The van der Waals surface area contributed by atoms with Gasteiger partial charge in [-0.3, -0.25) is 4.79 Å². The second-order valence-corrected chi connectivity index (χ2v) is 8.04. The summed E-state index contributed by atoms with van der Waals surface area (Å²) in [6.45, 7) is 1.84. The lowest BCUT2D eigenvalue weighted by Crippen LogP contribution is -2.26. The van der Waals surface area contributed by atoms with E-state index in [1.165, 1.54) is 12.1 Å². The van der Waals surface area contributed by atoms with E-state index in [9.17, 15) is 9.18 Å². The van der Waals surface area contributed by atoms with Gasteiger partial charge in [0.1, 0.15) is 5.82 Å². The van der Waals surface area contributed by atoms with Gasteiger partial charge in [0.25, 0.3) is 5.91 Å². The van der Waals surface area contributed by atoms with Crippen LogP contribution in [0.5, 0.6) is 0 Å². The van der Waals surface area contributed by atoms with Crippen LogP contribution >= 0.6 is 0 Å². The zero-order chi connectivity index (χ0) is 23.1. The van der Waals surface area contributed by atoms with E-state index in [0.717, 1.165) is 27.7 Å². The molecule has 33 heavy (non-hydrogen) atoms. The summed E-state index contributed by atoms with van der Waals surface area (Å²) in [5.74, 6) is 0.0199. The fourth-order valence-corrected chi connectivity index (χ4v) is 4.05. The molecule has 3 aromatic heterocycles. The molecule has 0 aliphatic rings. The molecule has 166 valence electrons. The normalized spacial score (nSPS) is 12.2. The van der Waals surface area contributed by atoms with Crippen LogP contribution in [-0.4, -0.2) is 32.1 Å². The van der Waals surface area contributed by atoms with Crippen molar-refractivity contribution in [2.45, 2.75) is 13.0 Å². The van der Waals surface area contributed by atoms with Gasteiger partial charge in [-0.25, -0.2) is 8.91 Å². The van der Waals surface area contributed by atoms with Crippen LogP contribution in [0, 0.1) is 5.82 Å². The van der Waals surface area contributed by atoms with Crippen molar-refractivity contribution in [3.8, 4) is 11.1 Å². The first-order valence-corrected chi connectivity index (χ1v) is 10.6. The van der Waals surface area contributed by atoms with Crippen molar-refractivity contribution in [2.24, 2.45) is 7.05 Å². The van der Waals surface area contributed by atoms with Crippen LogP contribution in [0.15, 0.2) is 67.0 Å². The predicted octanol–water partition coefficient (Wildman–Crippen LogP) is 4.56. The number of carbonyl (C=O) groups is 1. The third-order valence-electron chi connectivity index (χ3n) is 5.82. The molecule has 5 aromatic rings. The van der Waals surface area contributed by atoms with Crippen molar-refractivity contribution < 1.29 is 9.18 Å². The number of halogens is 1. The van der Waals surface area contributed by atoms with Crippen LogP contribution in [-0.2, 0) is 7.05 Å². The molecule has 0 radical (unpaired) electrons. The number of aromatic nitrogens is 4. The number of nitrogens with one attached hydrogen (secondary N) is 2. The minimum Gasteiger partial charge on any atom is -0.356 e. The molecule has 1 unspecified atom stereocenters. The molecule has 0 saturated carbocycles. The van der Waals surface area contributed by atoms with Gasteiger partial charge in [0.2, 0.25) is 5.95 Å². The molecule has 1 atom stereocenters. The highest BCUT2D eigenvalue weighted by Crippen LogP contribution is 2.28. The van der Waals surface area contributed by atoms with E-state index in [4.69, 9.17) is 0 Å². The molecule has 0 bridgehead atoms. The zero-order valence-corrected chi connectivity index (χ0v) is 18.5. The number of fused-ring (bicyclic) bond motifs is 2. The summed E-state index contributed by atoms with van der Waals surface area (Å²) < 4.78 is 17.3. The molecular weight excluding hydrogens is 419 g/mol. The first-order chi connectivity index (χ1) is 15.9. The Morgan fingerprint density at radius 1 is 1.06 bits per heavy atom. The Bertz CT molecular complexity index is 1500. The van der Waals surface area contributed by atoms with Gasteiger partial charge in [0.15, 0.2) is 5.65 Å². The van der Waals surface area contributed by atoms with E-state index < -0.39 is 0 Å². The number of hydrogen-bond acceptors (Lipinski definition) is 4. The van der Waals surface area contributed by atoms with Crippen molar-refractivity contribution in [1.29, 1.82) is 0 Å². The van der Waals surface area contributed by atoms with Crippen molar-refractivity contribution in [3.63, 3.8) is 0 Å². The van der Waals surface area contributed by atoms with Gasteiger partial charge in [0.05, 0.1) is 11.6 Å². The molecule has 0 fully saturated rings. The smallest absolute Gasteiger partial charge is 0.253 e. The van der Waals surface area contributed by atoms with Gasteiger partial charge in [-0.1, -0.05) is 18.2 Å². The van der Waals surface area contributed by atoms with E-state index >= 15 is 0 Å². The predicted molar refractivity (Wildman–Crippen MR) is 127 cm³/mol. The molecule has 2 aromatic carbocycles. The summed E-state index contributed by atoms with van der Waals surface area (Å²) in [7, 11) is 3.69. The monoisotopic (exact) mass is 442 g/mol. The summed E-state index contributed by atoms with van der Waals surface area (Å²) in [5, 5.41) is 11.2. The minimum atomic E-state index is -0.331. The first-order valence-electron chi connectivity index (χ1n) is 10.6. The number of nitrogens with zero attached hydrogens (tertiary/aromatic N) is 4. The lowest BCUT2D eigenvalue weighted by molar-refractivity contribution is 0.0941. The van der Waals surface area contributed by atoms with E-state index in [1.807, 2.05) is 61.3 Å².